The van der Waals surface area contributed by atoms with Crippen molar-refractivity contribution < 1.29 is 9.53 Å². The number of rotatable bonds is 7. The lowest BCUT2D eigenvalue weighted by Gasteiger charge is -2.09. The molecular weight excluding hydrogens is 322 g/mol. The van der Waals surface area contributed by atoms with Crippen LogP contribution in [-0.4, -0.2) is 19.1 Å². The van der Waals surface area contributed by atoms with Crippen molar-refractivity contribution in [1.29, 1.82) is 0 Å². The maximum absolute atomic E-state index is 12.2. The van der Waals surface area contributed by atoms with Crippen molar-refractivity contribution in [2.45, 2.75) is 13.3 Å². The number of nitrogens with one attached hydrogen (secondary N) is 1. The molecule has 0 saturated heterocycles. The highest BCUT2D eigenvalue weighted by atomic mass is 16.5. The van der Waals surface area contributed by atoms with Crippen LogP contribution in [0.5, 0.6) is 5.75 Å². The minimum atomic E-state index is -0.0884. The van der Waals surface area contributed by atoms with Gasteiger partial charge < -0.3 is 10.1 Å². The van der Waals surface area contributed by atoms with Crippen LogP contribution in [0.25, 0.3) is 11.1 Å². The lowest BCUT2D eigenvalue weighted by atomic mass is 10.0. The Hall–Kier alpha value is -3.07. The highest BCUT2D eigenvalue weighted by Crippen LogP contribution is 2.19. The molecule has 0 fully saturated rings. The van der Waals surface area contributed by atoms with E-state index in [0.29, 0.717) is 18.7 Å². The Balaban J connectivity index is 1.47. The van der Waals surface area contributed by atoms with Crippen LogP contribution in [0.1, 0.15) is 22.8 Å². The van der Waals surface area contributed by atoms with Crippen molar-refractivity contribution in [3.8, 4) is 16.9 Å². The first-order valence-electron chi connectivity index (χ1n) is 8.91. The van der Waals surface area contributed by atoms with Gasteiger partial charge in [-0.15, -0.1) is 0 Å². The Kier molecular flexibility index (Phi) is 6.05. The van der Waals surface area contributed by atoms with E-state index in [1.54, 1.807) is 0 Å². The molecule has 0 heterocycles. The zero-order valence-electron chi connectivity index (χ0n) is 14.9. The Morgan fingerprint density at radius 2 is 1.50 bits per heavy atom. The number of benzene rings is 3. The van der Waals surface area contributed by atoms with Crippen molar-refractivity contribution in [3.63, 3.8) is 0 Å². The maximum atomic E-state index is 12.2. The first-order valence-corrected chi connectivity index (χ1v) is 8.91. The third kappa shape index (κ3) is 4.73. The van der Waals surface area contributed by atoms with Gasteiger partial charge in [-0.1, -0.05) is 61.5 Å². The van der Waals surface area contributed by atoms with E-state index in [9.17, 15) is 4.79 Å². The summed E-state index contributed by atoms with van der Waals surface area (Å²) in [5, 5.41) is 2.89. The Morgan fingerprint density at radius 1 is 0.846 bits per heavy atom. The summed E-state index contributed by atoms with van der Waals surface area (Å²) in [5.74, 6) is 0.734. The van der Waals surface area contributed by atoms with Crippen molar-refractivity contribution in [2.75, 3.05) is 13.2 Å². The largest absolute Gasteiger partial charge is 0.492 e. The topological polar surface area (TPSA) is 38.3 Å². The van der Waals surface area contributed by atoms with E-state index in [-0.39, 0.29) is 5.91 Å². The van der Waals surface area contributed by atoms with E-state index in [1.807, 2.05) is 54.6 Å². The van der Waals surface area contributed by atoms with Gasteiger partial charge in [0.1, 0.15) is 12.4 Å². The summed E-state index contributed by atoms with van der Waals surface area (Å²) in [6.07, 6.45) is 1.01. The van der Waals surface area contributed by atoms with Crippen molar-refractivity contribution >= 4 is 5.91 Å². The summed E-state index contributed by atoms with van der Waals surface area (Å²) in [6.45, 7) is 3.03. The SMILES string of the molecule is CCc1ccc(OCCNC(=O)c2ccc(-c3ccccc3)cc2)cc1. The standard InChI is InChI=1S/C23H23NO2/c1-2-18-8-14-22(15-9-18)26-17-16-24-23(25)21-12-10-20(11-13-21)19-6-4-3-5-7-19/h3-15H,2,16-17H2,1H3,(H,24,25). The van der Waals surface area contributed by atoms with E-state index >= 15 is 0 Å². The van der Waals surface area contributed by atoms with Crippen LogP contribution < -0.4 is 10.1 Å². The molecule has 0 spiro atoms. The van der Waals surface area contributed by atoms with Gasteiger partial charge >= 0.3 is 0 Å². The molecule has 3 nitrogen and oxygen atoms in total. The fourth-order valence-electron chi connectivity index (χ4n) is 2.70. The summed E-state index contributed by atoms with van der Waals surface area (Å²) >= 11 is 0. The fraction of sp³-hybridized carbons (Fsp3) is 0.174. The molecule has 3 rings (SSSR count). The quantitative estimate of drug-likeness (QED) is 0.629. The van der Waals surface area contributed by atoms with Gasteiger partial charge in [-0.25, -0.2) is 0 Å². The van der Waals surface area contributed by atoms with Gasteiger partial charge in [0.25, 0.3) is 5.91 Å². The van der Waals surface area contributed by atoms with E-state index in [2.05, 4.69) is 36.5 Å². The van der Waals surface area contributed by atoms with Crippen molar-refractivity contribution in [3.05, 3.63) is 90.0 Å². The number of amides is 1. The number of hydrogen-bond acceptors (Lipinski definition) is 2. The van der Waals surface area contributed by atoms with Gasteiger partial charge in [-0.2, -0.15) is 0 Å². The molecule has 0 aliphatic heterocycles. The average molecular weight is 345 g/mol. The fourth-order valence-corrected chi connectivity index (χ4v) is 2.70. The summed E-state index contributed by atoms with van der Waals surface area (Å²) in [4.78, 5) is 12.2. The van der Waals surface area contributed by atoms with Crippen LogP contribution >= 0.6 is 0 Å². The molecule has 0 radical (unpaired) electrons. The zero-order valence-corrected chi connectivity index (χ0v) is 14.9. The molecule has 0 aromatic heterocycles. The monoisotopic (exact) mass is 345 g/mol. The highest BCUT2D eigenvalue weighted by molar-refractivity contribution is 5.94. The van der Waals surface area contributed by atoms with Crippen LogP contribution in [0.15, 0.2) is 78.9 Å². The van der Waals surface area contributed by atoms with E-state index < -0.39 is 0 Å². The van der Waals surface area contributed by atoms with Gasteiger partial charge in [0.2, 0.25) is 0 Å². The second-order valence-electron chi connectivity index (χ2n) is 6.05. The van der Waals surface area contributed by atoms with E-state index in [4.69, 9.17) is 4.74 Å². The van der Waals surface area contributed by atoms with Crippen LogP contribution in [-0.2, 0) is 6.42 Å². The van der Waals surface area contributed by atoms with Gasteiger partial charge in [-0.3, -0.25) is 4.79 Å². The third-order valence-corrected chi connectivity index (χ3v) is 4.24. The molecule has 0 aliphatic rings. The molecule has 0 aliphatic carbocycles. The third-order valence-electron chi connectivity index (χ3n) is 4.24. The van der Waals surface area contributed by atoms with Crippen LogP contribution in [0, 0.1) is 0 Å². The van der Waals surface area contributed by atoms with E-state index in [1.165, 1.54) is 5.56 Å². The zero-order chi connectivity index (χ0) is 18.2. The molecule has 26 heavy (non-hydrogen) atoms. The number of aryl methyl sites for hydroxylation is 1. The lowest BCUT2D eigenvalue weighted by molar-refractivity contribution is 0.0947. The summed E-state index contributed by atoms with van der Waals surface area (Å²) in [7, 11) is 0. The molecule has 1 N–H and O–H groups in total. The number of carbonyl (C=O) groups is 1. The minimum Gasteiger partial charge on any atom is -0.492 e. The van der Waals surface area contributed by atoms with E-state index in [0.717, 1.165) is 23.3 Å². The Morgan fingerprint density at radius 3 is 2.15 bits per heavy atom. The van der Waals surface area contributed by atoms with Crippen LogP contribution in [0.2, 0.25) is 0 Å². The predicted molar refractivity (Wildman–Crippen MR) is 106 cm³/mol. The number of hydrogen-bond donors (Lipinski definition) is 1. The molecule has 0 bridgehead atoms. The van der Waals surface area contributed by atoms with Crippen molar-refractivity contribution in [1.82, 2.24) is 5.32 Å². The first kappa shape index (κ1) is 17.7. The normalized spacial score (nSPS) is 10.3. The van der Waals surface area contributed by atoms with Gasteiger partial charge in [0.15, 0.2) is 0 Å². The molecule has 1 amide bonds. The molecule has 3 aromatic rings. The average Bonchev–Trinajstić information content (AvgIpc) is 2.72. The highest BCUT2D eigenvalue weighted by Gasteiger charge is 2.05. The molecule has 0 saturated carbocycles. The Bertz CT molecular complexity index is 824. The Labute approximate surface area is 154 Å². The van der Waals surface area contributed by atoms with Gasteiger partial charge in [0.05, 0.1) is 6.54 Å². The number of carbonyl (C=O) groups excluding carboxylic acids is 1. The number of ether oxygens (including phenoxy) is 1. The summed E-state index contributed by atoms with van der Waals surface area (Å²) < 4.78 is 5.65. The minimum absolute atomic E-state index is 0.0884. The molecular formula is C23H23NO2. The second-order valence-corrected chi connectivity index (χ2v) is 6.05. The van der Waals surface area contributed by atoms with Gasteiger partial charge in [0, 0.05) is 5.56 Å². The molecule has 0 unspecified atom stereocenters. The van der Waals surface area contributed by atoms with Crippen LogP contribution in [0.3, 0.4) is 0 Å². The predicted octanol–water partition coefficient (Wildman–Crippen LogP) is 4.72. The molecule has 3 aromatic carbocycles. The summed E-state index contributed by atoms with van der Waals surface area (Å²) in [6, 6.07) is 25.8. The van der Waals surface area contributed by atoms with Crippen LogP contribution in [0.4, 0.5) is 0 Å². The first-order chi connectivity index (χ1) is 12.8. The second kappa shape index (κ2) is 8.86. The molecule has 0 atom stereocenters. The lowest BCUT2D eigenvalue weighted by Crippen LogP contribution is -2.28. The van der Waals surface area contributed by atoms with Crippen molar-refractivity contribution in [2.24, 2.45) is 0 Å². The molecule has 132 valence electrons. The molecule has 3 heteroatoms. The smallest absolute Gasteiger partial charge is 0.251 e. The summed E-state index contributed by atoms with van der Waals surface area (Å²) in [5.41, 5.74) is 4.17. The van der Waals surface area contributed by atoms with Gasteiger partial charge in [-0.05, 0) is 47.4 Å². The maximum Gasteiger partial charge on any atom is 0.251 e.